The van der Waals surface area contributed by atoms with Crippen molar-refractivity contribution in [2.24, 2.45) is 0 Å². The molecule has 124 valence electrons. The molecule has 0 fully saturated rings. The molecular weight excluding hydrogens is 345 g/mol. The molecule has 1 unspecified atom stereocenters. The van der Waals surface area contributed by atoms with E-state index in [1.807, 2.05) is 37.7 Å². The van der Waals surface area contributed by atoms with Crippen LogP contribution < -0.4 is 10.6 Å². The molecular formula is C14H21Cl2N3O2S. The predicted molar refractivity (Wildman–Crippen MR) is 94.3 cm³/mol. The molecule has 0 radical (unpaired) electrons. The van der Waals surface area contributed by atoms with Crippen LogP contribution >= 0.6 is 36.2 Å². The van der Waals surface area contributed by atoms with Gasteiger partial charge in [-0.15, -0.1) is 24.8 Å². The van der Waals surface area contributed by atoms with Gasteiger partial charge in [0.1, 0.15) is 5.76 Å². The van der Waals surface area contributed by atoms with Crippen molar-refractivity contribution in [1.29, 1.82) is 0 Å². The first-order valence-corrected chi connectivity index (χ1v) is 7.47. The van der Waals surface area contributed by atoms with Gasteiger partial charge in [-0.1, -0.05) is 0 Å². The first-order chi connectivity index (χ1) is 9.60. The quantitative estimate of drug-likeness (QED) is 0.825. The van der Waals surface area contributed by atoms with Gasteiger partial charge in [-0.25, -0.2) is 4.98 Å². The number of carbonyl (C=O) groups excluding carboxylic acids is 1. The van der Waals surface area contributed by atoms with Crippen LogP contribution in [0.4, 0.5) is 0 Å². The third-order valence-corrected chi connectivity index (χ3v) is 3.77. The molecule has 8 heteroatoms. The Hall–Kier alpha value is -1.08. The first-order valence-electron chi connectivity index (χ1n) is 6.53. The second-order valence-electron chi connectivity index (χ2n) is 4.70. The summed E-state index contributed by atoms with van der Waals surface area (Å²) < 4.78 is 5.61. The minimum Gasteiger partial charge on any atom is -0.441 e. The van der Waals surface area contributed by atoms with E-state index in [0.29, 0.717) is 23.9 Å². The Morgan fingerprint density at radius 2 is 2.18 bits per heavy atom. The highest BCUT2D eigenvalue weighted by Gasteiger charge is 2.15. The SMILES string of the molecule is CNC(C)CNC(=O)Cc1nc(-c2ccsc2)oc1C.Cl.Cl. The lowest BCUT2D eigenvalue weighted by Crippen LogP contribution is -2.37. The van der Waals surface area contributed by atoms with E-state index in [0.717, 1.165) is 5.56 Å². The number of amides is 1. The molecule has 2 aromatic rings. The number of halogens is 2. The summed E-state index contributed by atoms with van der Waals surface area (Å²) in [6.45, 7) is 4.45. The van der Waals surface area contributed by atoms with Crippen molar-refractivity contribution in [1.82, 2.24) is 15.6 Å². The van der Waals surface area contributed by atoms with E-state index in [1.165, 1.54) is 0 Å². The molecule has 0 aliphatic carbocycles. The summed E-state index contributed by atoms with van der Waals surface area (Å²) in [5, 5.41) is 9.89. The van der Waals surface area contributed by atoms with Crippen molar-refractivity contribution < 1.29 is 9.21 Å². The van der Waals surface area contributed by atoms with Gasteiger partial charge >= 0.3 is 0 Å². The molecule has 1 atom stereocenters. The maximum absolute atomic E-state index is 11.9. The van der Waals surface area contributed by atoms with Crippen LogP contribution in [0.2, 0.25) is 0 Å². The van der Waals surface area contributed by atoms with E-state index >= 15 is 0 Å². The zero-order valence-corrected chi connectivity index (χ0v) is 15.2. The molecule has 0 aromatic carbocycles. The topological polar surface area (TPSA) is 67.2 Å². The number of likely N-dealkylation sites (N-methyl/N-ethyl adjacent to an activating group) is 1. The number of aromatic nitrogens is 1. The van der Waals surface area contributed by atoms with Crippen LogP contribution in [0, 0.1) is 6.92 Å². The van der Waals surface area contributed by atoms with Crippen molar-refractivity contribution in [2.75, 3.05) is 13.6 Å². The highest BCUT2D eigenvalue weighted by Crippen LogP contribution is 2.23. The van der Waals surface area contributed by atoms with Gasteiger partial charge in [0.15, 0.2) is 0 Å². The molecule has 2 heterocycles. The molecule has 0 aliphatic heterocycles. The lowest BCUT2D eigenvalue weighted by atomic mass is 10.2. The van der Waals surface area contributed by atoms with Gasteiger partial charge in [-0.05, 0) is 32.3 Å². The highest BCUT2D eigenvalue weighted by atomic mass is 35.5. The fourth-order valence-electron chi connectivity index (χ4n) is 1.69. The summed E-state index contributed by atoms with van der Waals surface area (Å²) in [5.41, 5.74) is 1.65. The number of carbonyl (C=O) groups is 1. The highest BCUT2D eigenvalue weighted by molar-refractivity contribution is 7.08. The van der Waals surface area contributed by atoms with Gasteiger partial charge in [0.2, 0.25) is 11.8 Å². The van der Waals surface area contributed by atoms with Gasteiger partial charge < -0.3 is 15.1 Å². The third kappa shape index (κ3) is 5.61. The van der Waals surface area contributed by atoms with Crippen LogP contribution in [-0.2, 0) is 11.2 Å². The van der Waals surface area contributed by atoms with Gasteiger partial charge in [0.05, 0.1) is 12.1 Å². The van der Waals surface area contributed by atoms with Gasteiger partial charge in [0, 0.05) is 23.5 Å². The second kappa shape index (κ2) is 9.84. The molecule has 2 aromatic heterocycles. The molecule has 2 rings (SSSR count). The predicted octanol–water partition coefficient (Wildman–Crippen LogP) is 2.82. The van der Waals surface area contributed by atoms with Crippen LogP contribution in [0.25, 0.3) is 11.5 Å². The Bertz CT molecular complexity index is 573. The molecule has 2 N–H and O–H groups in total. The normalized spacial score (nSPS) is 11.2. The van der Waals surface area contributed by atoms with E-state index in [4.69, 9.17) is 4.42 Å². The Morgan fingerprint density at radius 1 is 1.45 bits per heavy atom. The number of nitrogens with zero attached hydrogens (tertiary/aromatic N) is 1. The zero-order valence-electron chi connectivity index (χ0n) is 12.7. The number of oxazole rings is 1. The van der Waals surface area contributed by atoms with E-state index in [-0.39, 0.29) is 43.2 Å². The van der Waals surface area contributed by atoms with Gasteiger partial charge in [0.25, 0.3) is 0 Å². The van der Waals surface area contributed by atoms with Crippen LogP contribution in [0.1, 0.15) is 18.4 Å². The average molecular weight is 366 g/mol. The first kappa shape index (κ1) is 20.9. The molecule has 5 nitrogen and oxygen atoms in total. The summed E-state index contributed by atoms with van der Waals surface area (Å²) >= 11 is 1.59. The molecule has 0 aliphatic rings. The van der Waals surface area contributed by atoms with Gasteiger partial charge in [-0.3, -0.25) is 4.79 Å². The number of hydrogen-bond acceptors (Lipinski definition) is 5. The zero-order chi connectivity index (χ0) is 14.5. The van der Waals surface area contributed by atoms with Crippen LogP contribution in [0.5, 0.6) is 0 Å². The minimum absolute atomic E-state index is 0. The average Bonchev–Trinajstić information content (AvgIpc) is 3.06. The van der Waals surface area contributed by atoms with E-state index in [1.54, 1.807) is 11.3 Å². The molecule has 22 heavy (non-hydrogen) atoms. The monoisotopic (exact) mass is 365 g/mol. The largest absolute Gasteiger partial charge is 0.441 e. The van der Waals surface area contributed by atoms with Crippen molar-refractivity contribution >= 4 is 42.1 Å². The van der Waals surface area contributed by atoms with Crippen LogP contribution in [0.3, 0.4) is 0 Å². The fraction of sp³-hybridized carbons (Fsp3) is 0.429. The number of thiophene rings is 1. The van der Waals surface area contributed by atoms with Crippen molar-refractivity contribution in [3.05, 3.63) is 28.3 Å². The standard InChI is InChI=1S/C14H19N3O2S.2ClH/c1-9(15-3)7-16-13(18)6-12-10(2)19-14(17-12)11-4-5-20-8-11;;/h4-5,8-9,15H,6-7H2,1-3H3,(H,16,18);2*1H. The third-order valence-electron chi connectivity index (χ3n) is 3.09. The van der Waals surface area contributed by atoms with Gasteiger partial charge in [-0.2, -0.15) is 11.3 Å². The summed E-state index contributed by atoms with van der Waals surface area (Å²) in [6.07, 6.45) is 0.246. The summed E-state index contributed by atoms with van der Waals surface area (Å²) in [6, 6.07) is 2.20. The molecule has 1 amide bonds. The van der Waals surface area contributed by atoms with E-state index in [9.17, 15) is 4.79 Å². The Morgan fingerprint density at radius 3 is 2.77 bits per heavy atom. The number of aryl methyl sites for hydroxylation is 1. The van der Waals surface area contributed by atoms with E-state index < -0.39 is 0 Å². The fourth-order valence-corrected chi connectivity index (χ4v) is 2.31. The van der Waals surface area contributed by atoms with Crippen molar-refractivity contribution in [3.63, 3.8) is 0 Å². The van der Waals surface area contributed by atoms with Crippen molar-refractivity contribution in [3.8, 4) is 11.5 Å². The Labute approximate surface area is 146 Å². The summed E-state index contributed by atoms with van der Waals surface area (Å²) in [5.74, 6) is 1.23. The van der Waals surface area contributed by atoms with E-state index in [2.05, 4.69) is 15.6 Å². The lowest BCUT2D eigenvalue weighted by Gasteiger charge is -2.10. The minimum atomic E-state index is -0.0413. The maximum Gasteiger partial charge on any atom is 0.227 e. The molecule has 0 saturated carbocycles. The maximum atomic E-state index is 11.9. The molecule has 0 bridgehead atoms. The Kier molecular flexibility index (Phi) is 9.36. The summed E-state index contributed by atoms with van der Waals surface area (Å²) in [7, 11) is 1.87. The smallest absolute Gasteiger partial charge is 0.227 e. The Balaban J connectivity index is 0.00000220. The summed E-state index contributed by atoms with van der Waals surface area (Å²) in [4.78, 5) is 16.3. The number of rotatable bonds is 6. The number of hydrogen-bond donors (Lipinski definition) is 2. The second-order valence-corrected chi connectivity index (χ2v) is 5.48. The van der Waals surface area contributed by atoms with Crippen LogP contribution in [-0.4, -0.2) is 30.5 Å². The van der Waals surface area contributed by atoms with Crippen LogP contribution in [0.15, 0.2) is 21.2 Å². The van der Waals surface area contributed by atoms with Crippen molar-refractivity contribution in [2.45, 2.75) is 26.3 Å². The molecule has 0 saturated heterocycles. The number of nitrogens with one attached hydrogen (secondary N) is 2. The molecule has 0 spiro atoms. The lowest BCUT2D eigenvalue weighted by molar-refractivity contribution is -0.120.